The normalized spacial score (nSPS) is 21.8. The zero-order valence-corrected chi connectivity index (χ0v) is 10.8. The first-order valence-electron chi connectivity index (χ1n) is 6.03. The minimum Gasteiger partial charge on any atom is -0.394 e. The van der Waals surface area contributed by atoms with Crippen LogP contribution in [0.15, 0.2) is 0 Å². The van der Waals surface area contributed by atoms with Crippen LogP contribution in [0.4, 0.5) is 4.79 Å². The number of carbonyl (C=O) groups excluding carboxylic acids is 2. The van der Waals surface area contributed by atoms with Crippen molar-refractivity contribution >= 4 is 11.9 Å². The SMILES string of the molecule is CC(C)C(NC(N)=O)C(=O)N1CCOC(CO)C1. The monoisotopic (exact) mass is 259 g/mol. The molecule has 2 unspecified atom stereocenters. The van der Waals surface area contributed by atoms with E-state index in [0.717, 1.165) is 0 Å². The number of hydrogen-bond acceptors (Lipinski definition) is 4. The quantitative estimate of drug-likeness (QED) is 0.596. The fourth-order valence-electron chi connectivity index (χ4n) is 1.89. The van der Waals surface area contributed by atoms with Gasteiger partial charge in [0.1, 0.15) is 6.04 Å². The number of aliphatic hydroxyl groups excluding tert-OH is 1. The van der Waals surface area contributed by atoms with E-state index < -0.39 is 12.1 Å². The number of amides is 3. The lowest BCUT2D eigenvalue weighted by Gasteiger charge is -2.35. The number of morpholine rings is 1. The van der Waals surface area contributed by atoms with Crippen LogP contribution in [0.5, 0.6) is 0 Å². The van der Waals surface area contributed by atoms with Gasteiger partial charge in [0.2, 0.25) is 5.91 Å². The average molecular weight is 259 g/mol. The Bertz CT molecular complexity index is 309. The van der Waals surface area contributed by atoms with Crippen LogP contribution in [0.2, 0.25) is 0 Å². The maximum Gasteiger partial charge on any atom is 0.312 e. The summed E-state index contributed by atoms with van der Waals surface area (Å²) in [5.41, 5.74) is 5.07. The maximum atomic E-state index is 12.3. The van der Waals surface area contributed by atoms with Gasteiger partial charge in [-0.3, -0.25) is 4.79 Å². The minimum absolute atomic E-state index is 0.0552. The Labute approximate surface area is 106 Å². The zero-order valence-electron chi connectivity index (χ0n) is 10.8. The highest BCUT2D eigenvalue weighted by Crippen LogP contribution is 2.11. The molecule has 2 atom stereocenters. The average Bonchev–Trinajstić information content (AvgIpc) is 2.34. The summed E-state index contributed by atoms with van der Waals surface area (Å²) >= 11 is 0. The molecule has 0 aromatic heterocycles. The first-order chi connectivity index (χ1) is 8.45. The first-order valence-corrected chi connectivity index (χ1v) is 6.03. The van der Waals surface area contributed by atoms with Crippen LogP contribution < -0.4 is 11.1 Å². The van der Waals surface area contributed by atoms with Gasteiger partial charge in [-0.15, -0.1) is 0 Å². The van der Waals surface area contributed by atoms with E-state index in [1.807, 2.05) is 13.8 Å². The van der Waals surface area contributed by atoms with Crippen molar-refractivity contribution in [1.29, 1.82) is 0 Å². The maximum absolute atomic E-state index is 12.3. The van der Waals surface area contributed by atoms with Gasteiger partial charge in [0.15, 0.2) is 0 Å². The number of urea groups is 1. The number of rotatable bonds is 4. The fourth-order valence-corrected chi connectivity index (χ4v) is 1.89. The van der Waals surface area contributed by atoms with Gasteiger partial charge >= 0.3 is 6.03 Å². The van der Waals surface area contributed by atoms with E-state index in [-0.39, 0.29) is 24.5 Å². The number of nitrogens with two attached hydrogens (primary N) is 1. The molecule has 0 bridgehead atoms. The fraction of sp³-hybridized carbons (Fsp3) is 0.818. The Morgan fingerprint density at radius 1 is 1.56 bits per heavy atom. The molecule has 104 valence electrons. The van der Waals surface area contributed by atoms with E-state index in [0.29, 0.717) is 19.7 Å². The summed E-state index contributed by atoms with van der Waals surface area (Å²) in [5.74, 6) is -0.244. The summed E-state index contributed by atoms with van der Waals surface area (Å²) in [7, 11) is 0. The van der Waals surface area contributed by atoms with Crippen molar-refractivity contribution in [3.63, 3.8) is 0 Å². The number of aliphatic hydroxyl groups is 1. The molecular formula is C11H21N3O4. The smallest absolute Gasteiger partial charge is 0.312 e. The van der Waals surface area contributed by atoms with Crippen molar-refractivity contribution in [2.24, 2.45) is 11.7 Å². The Morgan fingerprint density at radius 3 is 2.72 bits per heavy atom. The van der Waals surface area contributed by atoms with Crippen molar-refractivity contribution in [2.75, 3.05) is 26.3 Å². The van der Waals surface area contributed by atoms with E-state index in [1.165, 1.54) is 0 Å². The largest absolute Gasteiger partial charge is 0.394 e. The van der Waals surface area contributed by atoms with Gasteiger partial charge in [0.05, 0.1) is 19.3 Å². The molecule has 0 saturated carbocycles. The first kappa shape index (κ1) is 14.7. The lowest BCUT2D eigenvalue weighted by Crippen LogP contribution is -2.56. The van der Waals surface area contributed by atoms with Gasteiger partial charge < -0.3 is 25.8 Å². The molecule has 1 saturated heterocycles. The molecule has 1 rings (SSSR count). The van der Waals surface area contributed by atoms with Crippen LogP contribution in [0.1, 0.15) is 13.8 Å². The summed E-state index contributed by atoms with van der Waals surface area (Å²) < 4.78 is 5.27. The molecule has 7 heteroatoms. The molecule has 0 aromatic carbocycles. The molecule has 1 aliphatic heterocycles. The van der Waals surface area contributed by atoms with Crippen molar-refractivity contribution in [2.45, 2.75) is 26.0 Å². The van der Waals surface area contributed by atoms with Crippen LogP contribution in [0.25, 0.3) is 0 Å². The highest BCUT2D eigenvalue weighted by atomic mass is 16.5. The van der Waals surface area contributed by atoms with Crippen LogP contribution in [0.3, 0.4) is 0 Å². The second kappa shape index (κ2) is 6.55. The standard InChI is InChI=1S/C11H21N3O4/c1-7(2)9(13-11(12)17)10(16)14-3-4-18-8(5-14)6-15/h7-9,15H,3-6H2,1-2H3,(H3,12,13,17). The van der Waals surface area contributed by atoms with E-state index in [4.69, 9.17) is 15.6 Å². The van der Waals surface area contributed by atoms with Gasteiger partial charge in [-0.2, -0.15) is 0 Å². The minimum atomic E-state index is -0.714. The number of hydrogen-bond donors (Lipinski definition) is 3. The van der Waals surface area contributed by atoms with Crippen molar-refractivity contribution in [3.05, 3.63) is 0 Å². The van der Waals surface area contributed by atoms with Crippen molar-refractivity contribution in [3.8, 4) is 0 Å². The third kappa shape index (κ3) is 3.85. The van der Waals surface area contributed by atoms with Crippen LogP contribution in [-0.2, 0) is 9.53 Å². The van der Waals surface area contributed by atoms with E-state index in [2.05, 4.69) is 5.32 Å². The Kier molecular flexibility index (Phi) is 5.36. The summed E-state index contributed by atoms with van der Waals surface area (Å²) in [6.07, 6.45) is -0.357. The zero-order chi connectivity index (χ0) is 13.7. The molecule has 1 heterocycles. The molecular weight excluding hydrogens is 238 g/mol. The van der Waals surface area contributed by atoms with Crippen LogP contribution in [0, 0.1) is 5.92 Å². The second-order valence-electron chi connectivity index (χ2n) is 4.69. The van der Waals surface area contributed by atoms with Gasteiger partial charge in [-0.25, -0.2) is 4.79 Å². The summed E-state index contributed by atoms with van der Waals surface area (Å²) in [6, 6.07) is -1.35. The summed E-state index contributed by atoms with van der Waals surface area (Å²) in [5, 5.41) is 11.5. The molecule has 0 radical (unpaired) electrons. The van der Waals surface area contributed by atoms with Crippen LogP contribution >= 0.6 is 0 Å². The van der Waals surface area contributed by atoms with Crippen LogP contribution in [-0.4, -0.2) is 60.4 Å². The summed E-state index contributed by atoms with van der Waals surface area (Å²) in [6.45, 7) is 4.72. The van der Waals surface area contributed by atoms with E-state index in [9.17, 15) is 9.59 Å². The van der Waals surface area contributed by atoms with Gasteiger partial charge in [0, 0.05) is 13.1 Å². The predicted molar refractivity (Wildman–Crippen MR) is 64.8 cm³/mol. The highest BCUT2D eigenvalue weighted by Gasteiger charge is 2.31. The third-order valence-electron chi connectivity index (χ3n) is 2.88. The Hall–Kier alpha value is -1.34. The van der Waals surface area contributed by atoms with Crippen molar-refractivity contribution < 1.29 is 19.4 Å². The number of carbonyl (C=O) groups is 2. The Morgan fingerprint density at radius 2 is 2.22 bits per heavy atom. The second-order valence-corrected chi connectivity index (χ2v) is 4.69. The molecule has 1 aliphatic rings. The molecule has 18 heavy (non-hydrogen) atoms. The lowest BCUT2D eigenvalue weighted by molar-refractivity contribution is -0.143. The molecule has 0 aromatic rings. The number of primary amides is 1. The molecule has 3 amide bonds. The van der Waals surface area contributed by atoms with Gasteiger partial charge in [-0.05, 0) is 5.92 Å². The van der Waals surface area contributed by atoms with E-state index in [1.54, 1.807) is 4.90 Å². The molecule has 4 N–H and O–H groups in total. The highest BCUT2D eigenvalue weighted by molar-refractivity contribution is 5.86. The topological polar surface area (TPSA) is 105 Å². The van der Waals surface area contributed by atoms with Gasteiger partial charge in [0.25, 0.3) is 0 Å². The molecule has 0 aliphatic carbocycles. The Balaban J connectivity index is 2.67. The third-order valence-corrected chi connectivity index (χ3v) is 2.88. The van der Waals surface area contributed by atoms with Crippen molar-refractivity contribution in [1.82, 2.24) is 10.2 Å². The molecule has 1 fully saturated rings. The lowest BCUT2D eigenvalue weighted by atomic mass is 10.0. The molecule has 7 nitrogen and oxygen atoms in total. The number of ether oxygens (including phenoxy) is 1. The van der Waals surface area contributed by atoms with E-state index >= 15 is 0 Å². The number of nitrogens with one attached hydrogen (secondary N) is 1. The number of nitrogens with zero attached hydrogens (tertiary/aromatic N) is 1. The molecule has 0 spiro atoms. The summed E-state index contributed by atoms with van der Waals surface area (Å²) in [4.78, 5) is 24.7. The predicted octanol–water partition coefficient (Wildman–Crippen LogP) is -1.10. The van der Waals surface area contributed by atoms with Gasteiger partial charge in [-0.1, -0.05) is 13.8 Å².